The fourth-order valence-corrected chi connectivity index (χ4v) is 4.46. The summed E-state index contributed by atoms with van der Waals surface area (Å²) in [6.45, 7) is 0. The number of benzene rings is 2. The average molecular weight is 408 g/mol. The number of thioether (sulfide) groups is 1. The molecule has 6 heteroatoms. The van der Waals surface area contributed by atoms with Crippen molar-refractivity contribution in [1.29, 1.82) is 0 Å². The van der Waals surface area contributed by atoms with Gasteiger partial charge in [-0.15, -0.1) is 0 Å². The van der Waals surface area contributed by atoms with Crippen molar-refractivity contribution in [2.75, 3.05) is 12.9 Å². The van der Waals surface area contributed by atoms with Crippen LogP contribution in [-0.2, 0) is 4.79 Å². The molecule has 1 aromatic heterocycles. The lowest BCUT2D eigenvalue weighted by molar-refractivity contribution is -0.119. The molecule has 0 radical (unpaired) electrons. The third-order valence-corrected chi connectivity index (χ3v) is 6.11. The standard InChI is InChI=1S/C23H25N3O2S/c1-28-19-13-7-10-17(14-19)22-25-21(16-8-3-2-4-9-16)23(26-22)29-15-20(27)24-18-11-5-6-12-18/h2-4,7-10,13-14,18H,5-6,11-12,15H2,1H3,(H,24,27)(H,25,26). The summed E-state index contributed by atoms with van der Waals surface area (Å²) >= 11 is 1.47. The Balaban J connectivity index is 1.57. The van der Waals surface area contributed by atoms with Crippen LogP contribution in [0.3, 0.4) is 0 Å². The van der Waals surface area contributed by atoms with Gasteiger partial charge in [0.25, 0.3) is 0 Å². The topological polar surface area (TPSA) is 67.0 Å². The number of hydrogen-bond donors (Lipinski definition) is 2. The number of aromatic nitrogens is 2. The minimum Gasteiger partial charge on any atom is -0.497 e. The Morgan fingerprint density at radius 1 is 1.14 bits per heavy atom. The zero-order valence-electron chi connectivity index (χ0n) is 16.5. The first-order chi connectivity index (χ1) is 14.2. The van der Waals surface area contributed by atoms with E-state index in [1.54, 1.807) is 7.11 Å². The van der Waals surface area contributed by atoms with Gasteiger partial charge in [0.05, 0.1) is 18.6 Å². The average Bonchev–Trinajstić information content (AvgIpc) is 3.43. The van der Waals surface area contributed by atoms with Crippen LogP contribution in [0.25, 0.3) is 22.6 Å². The Morgan fingerprint density at radius 3 is 2.66 bits per heavy atom. The molecule has 0 aliphatic heterocycles. The molecule has 1 amide bonds. The number of nitrogens with zero attached hydrogens (tertiary/aromatic N) is 1. The molecule has 1 fully saturated rings. The number of methoxy groups -OCH3 is 1. The van der Waals surface area contributed by atoms with Crippen molar-refractivity contribution in [3.8, 4) is 28.4 Å². The van der Waals surface area contributed by atoms with Crippen molar-refractivity contribution < 1.29 is 9.53 Å². The van der Waals surface area contributed by atoms with Crippen LogP contribution in [0.2, 0.25) is 0 Å². The molecular formula is C23H25N3O2S. The number of imidazole rings is 1. The molecule has 0 unspecified atom stereocenters. The van der Waals surface area contributed by atoms with Crippen LogP contribution < -0.4 is 10.1 Å². The predicted octanol–water partition coefficient (Wildman–Crippen LogP) is 4.90. The maximum atomic E-state index is 12.4. The third-order valence-electron chi connectivity index (χ3n) is 5.14. The van der Waals surface area contributed by atoms with Gasteiger partial charge in [0.2, 0.25) is 5.91 Å². The molecule has 5 nitrogen and oxygen atoms in total. The molecule has 3 aromatic rings. The van der Waals surface area contributed by atoms with Crippen molar-refractivity contribution in [3.63, 3.8) is 0 Å². The molecule has 1 aliphatic rings. The SMILES string of the molecule is COc1cccc(-c2nc(SCC(=O)NC3CCCC3)c(-c3ccccc3)[nH]2)c1. The summed E-state index contributed by atoms with van der Waals surface area (Å²) in [6, 6.07) is 18.2. The predicted molar refractivity (Wildman–Crippen MR) is 117 cm³/mol. The monoisotopic (exact) mass is 407 g/mol. The first kappa shape index (κ1) is 19.6. The lowest BCUT2D eigenvalue weighted by Crippen LogP contribution is -2.33. The van der Waals surface area contributed by atoms with Gasteiger partial charge in [-0.3, -0.25) is 4.79 Å². The Labute approximate surface area is 175 Å². The second kappa shape index (κ2) is 9.18. The zero-order valence-corrected chi connectivity index (χ0v) is 17.3. The van der Waals surface area contributed by atoms with Gasteiger partial charge in [-0.1, -0.05) is 67.1 Å². The van der Waals surface area contributed by atoms with Crippen LogP contribution in [-0.4, -0.2) is 34.8 Å². The van der Waals surface area contributed by atoms with E-state index in [1.807, 2.05) is 54.6 Å². The minimum atomic E-state index is 0.0758. The van der Waals surface area contributed by atoms with Crippen molar-refractivity contribution in [2.24, 2.45) is 0 Å². The molecule has 4 rings (SSSR count). The number of hydrogen-bond acceptors (Lipinski definition) is 4. The fraction of sp³-hybridized carbons (Fsp3) is 0.304. The van der Waals surface area contributed by atoms with E-state index in [1.165, 1.54) is 24.6 Å². The molecule has 1 aliphatic carbocycles. The molecule has 1 saturated carbocycles. The minimum absolute atomic E-state index is 0.0758. The maximum absolute atomic E-state index is 12.4. The van der Waals surface area contributed by atoms with Crippen LogP contribution in [0.15, 0.2) is 59.6 Å². The van der Waals surface area contributed by atoms with Crippen molar-refractivity contribution in [1.82, 2.24) is 15.3 Å². The van der Waals surface area contributed by atoms with Gasteiger partial charge in [0, 0.05) is 17.2 Å². The molecule has 2 N–H and O–H groups in total. The van der Waals surface area contributed by atoms with E-state index >= 15 is 0 Å². The van der Waals surface area contributed by atoms with Gasteiger partial charge in [-0.2, -0.15) is 0 Å². The number of carbonyl (C=O) groups is 1. The number of nitrogens with one attached hydrogen (secondary N) is 2. The summed E-state index contributed by atoms with van der Waals surface area (Å²) in [7, 11) is 1.65. The van der Waals surface area contributed by atoms with E-state index in [0.29, 0.717) is 11.8 Å². The first-order valence-corrected chi connectivity index (χ1v) is 10.9. The van der Waals surface area contributed by atoms with Crippen LogP contribution >= 0.6 is 11.8 Å². The van der Waals surface area contributed by atoms with Gasteiger partial charge >= 0.3 is 0 Å². The highest BCUT2D eigenvalue weighted by Gasteiger charge is 2.19. The summed E-state index contributed by atoms with van der Waals surface area (Å²) in [5.74, 6) is 1.98. The molecule has 0 atom stereocenters. The van der Waals surface area contributed by atoms with Crippen molar-refractivity contribution in [3.05, 3.63) is 54.6 Å². The van der Waals surface area contributed by atoms with Crippen molar-refractivity contribution in [2.45, 2.75) is 36.8 Å². The Morgan fingerprint density at radius 2 is 1.90 bits per heavy atom. The normalized spacial score (nSPS) is 14.1. The number of carbonyl (C=O) groups excluding carboxylic acids is 1. The lowest BCUT2D eigenvalue weighted by Gasteiger charge is -2.11. The van der Waals surface area contributed by atoms with Crippen molar-refractivity contribution >= 4 is 17.7 Å². The molecule has 150 valence electrons. The number of rotatable bonds is 7. The third kappa shape index (κ3) is 4.82. The Kier molecular flexibility index (Phi) is 6.20. The summed E-state index contributed by atoms with van der Waals surface area (Å²) < 4.78 is 5.34. The van der Waals surface area contributed by atoms with E-state index < -0.39 is 0 Å². The second-order valence-corrected chi connectivity index (χ2v) is 8.17. The number of H-pyrrole nitrogens is 1. The summed E-state index contributed by atoms with van der Waals surface area (Å²) in [6.07, 6.45) is 4.60. The molecule has 2 aromatic carbocycles. The summed E-state index contributed by atoms with van der Waals surface area (Å²) in [5.41, 5.74) is 2.93. The van der Waals surface area contributed by atoms with Gasteiger partial charge in [-0.25, -0.2) is 4.98 Å². The van der Waals surface area contributed by atoms with E-state index in [4.69, 9.17) is 9.72 Å². The van der Waals surface area contributed by atoms with Crippen LogP contribution in [0.5, 0.6) is 5.75 Å². The number of ether oxygens (including phenoxy) is 1. The van der Waals surface area contributed by atoms with Gasteiger partial charge in [-0.05, 0) is 25.0 Å². The van der Waals surface area contributed by atoms with Crippen LogP contribution in [0.1, 0.15) is 25.7 Å². The molecular weight excluding hydrogens is 382 g/mol. The molecule has 0 saturated heterocycles. The highest BCUT2D eigenvalue weighted by Crippen LogP contribution is 2.33. The second-order valence-electron chi connectivity index (χ2n) is 7.20. The fourth-order valence-electron chi connectivity index (χ4n) is 3.64. The lowest BCUT2D eigenvalue weighted by atomic mass is 10.2. The molecule has 29 heavy (non-hydrogen) atoms. The number of amides is 1. The molecule has 0 bridgehead atoms. The molecule has 0 spiro atoms. The molecule has 1 heterocycles. The van der Waals surface area contributed by atoms with Gasteiger partial charge < -0.3 is 15.0 Å². The summed E-state index contributed by atoms with van der Waals surface area (Å²) in [5, 5.41) is 3.98. The highest BCUT2D eigenvalue weighted by molar-refractivity contribution is 8.00. The van der Waals surface area contributed by atoms with E-state index in [2.05, 4.69) is 10.3 Å². The van der Waals surface area contributed by atoms with Gasteiger partial charge in [0.15, 0.2) is 0 Å². The first-order valence-electron chi connectivity index (χ1n) is 9.95. The smallest absolute Gasteiger partial charge is 0.230 e. The Hall–Kier alpha value is -2.73. The van der Waals surface area contributed by atoms with Crippen LogP contribution in [0.4, 0.5) is 0 Å². The zero-order chi connectivity index (χ0) is 20.1. The maximum Gasteiger partial charge on any atom is 0.230 e. The van der Waals surface area contributed by atoms with Crippen LogP contribution in [0, 0.1) is 0 Å². The van der Waals surface area contributed by atoms with E-state index in [0.717, 1.165) is 46.3 Å². The largest absolute Gasteiger partial charge is 0.497 e. The number of aromatic amines is 1. The van der Waals surface area contributed by atoms with E-state index in [-0.39, 0.29) is 5.91 Å². The highest BCUT2D eigenvalue weighted by atomic mass is 32.2. The van der Waals surface area contributed by atoms with Gasteiger partial charge in [0.1, 0.15) is 16.6 Å². The Bertz CT molecular complexity index is 965. The van der Waals surface area contributed by atoms with E-state index in [9.17, 15) is 4.79 Å². The summed E-state index contributed by atoms with van der Waals surface area (Å²) in [4.78, 5) is 20.6. The quantitative estimate of drug-likeness (QED) is 0.547.